The number of ketones is 1. The maximum absolute atomic E-state index is 11.5. The molecule has 0 N–H and O–H groups in total. The Kier molecular flexibility index (Phi) is 6.40. The first-order chi connectivity index (χ1) is 7.40. The normalized spacial score (nSPS) is 13.1. The van der Waals surface area contributed by atoms with Crippen molar-refractivity contribution in [2.45, 2.75) is 33.6 Å². The molecule has 1 atom stereocenters. The summed E-state index contributed by atoms with van der Waals surface area (Å²) in [6.07, 6.45) is 5.62. The molecule has 0 radical (unpaired) electrons. The molecule has 1 nitrogen and oxygen atoms in total. The average Bonchev–Trinajstić information content (AvgIpc) is 2.20. The molecule has 0 aromatic rings. The van der Waals surface area contributed by atoms with Gasteiger partial charge in [0.1, 0.15) is 0 Å². The van der Waals surface area contributed by atoms with E-state index in [1.54, 1.807) is 6.92 Å². The lowest BCUT2D eigenvalue weighted by molar-refractivity contribution is -0.113. The third-order valence-electron chi connectivity index (χ3n) is 2.51. The molecule has 0 aromatic heterocycles. The van der Waals surface area contributed by atoms with Gasteiger partial charge in [0.2, 0.25) is 0 Å². The minimum Gasteiger partial charge on any atom is -0.295 e. The van der Waals surface area contributed by atoms with Crippen LogP contribution in [0.5, 0.6) is 0 Å². The van der Waals surface area contributed by atoms with E-state index in [4.69, 9.17) is 0 Å². The van der Waals surface area contributed by atoms with Crippen molar-refractivity contribution in [3.63, 3.8) is 0 Å². The molecular weight excluding hydrogens is 196 g/mol. The third-order valence-corrected chi connectivity index (χ3v) is 2.51. The van der Waals surface area contributed by atoms with Crippen LogP contribution in [-0.4, -0.2) is 5.78 Å². The molecule has 0 spiro atoms. The average molecular weight is 218 g/mol. The molecule has 0 bridgehead atoms. The van der Waals surface area contributed by atoms with Crippen LogP contribution in [0.3, 0.4) is 0 Å². The van der Waals surface area contributed by atoms with Gasteiger partial charge in [-0.3, -0.25) is 4.79 Å². The van der Waals surface area contributed by atoms with E-state index in [1.165, 1.54) is 0 Å². The number of hydrogen-bond donors (Lipinski definition) is 0. The van der Waals surface area contributed by atoms with Crippen molar-refractivity contribution < 1.29 is 4.79 Å². The highest BCUT2D eigenvalue weighted by atomic mass is 16.1. The molecular formula is C15H22O. The summed E-state index contributed by atoms with van der Waals surface area (Å²) in [6.45, 7) is 17.0. The van der Waals surface area contributed by atoms with Gasteiger partial charge in [0.25, 0.3) is 0 Å². The van der Waals surface area contributed by atoms with Gasteiger partial charge in [-0.05, 0) is 44.3 Å². The molecule has 0 saturated heterocycles. The lowest BCUT2D eigenvalue weighted by atomic mass is 9.89. The molecule has 0 aliphatic heterocycles. The van der Waals surface area contributed by atoms with Crippen molar-refractivity contribution in [3.8, 4) is 0 Å². The van der Waals surface area contributed by atoms with Crippen LogP contribution in [0.1, 0.15) is 33.6 Å². The number of Topliss-reactive ketones (excluding diaryl/α,β-unsaturated/α-hetero) is 1. The topological polar surface area (TPSA) is 17.1 Å². The van der Waals surface area contributed by atoms with Crippen LogP contribution in [0, 0.1) is 5.92 Å². The van der Waals surface area contributed by atoms with Crippen molar-refractivity contribution in [1.29, 1.82) is 0 Å². The highest BCUT2D eigenvalue weighted by Crippen LogP contribution is 2.23. The summed E-state index contributed by atoms with van der Waals surface area (Å²) >= 11 is 0. The monoisotopic (exact) mass is 218 g/mol. The first-order valence-corrected chi connectivity index (χ1v) is 5.58. The number of carbonyl (C=O) groups excluding carboxylic acids is 1. The molecule has 0 heterocycles. The van der Waals surface area contributed by atoms with E-state index in [2.05, 4.69) is 26.7 Å². The fourth-order valence-electron chi connectivity index (χ4n) is 1.47. The SMILES string of the molecule is C=CCCC(C)C(=C)/C(=C\C(=C)C)C(C)=O. The van der Waals surface area contributed by atoms with Gasteiger partial charge in [-0.1, -0.05) is 31.7 Å². The maximum Gasteiger partial charge on any atom is 0.160 e. The number of hydrogen-bond acceptors (Lipinski definition) is 1. The Bertz CT molecular complexity index is 331. The van der Waals surface area contributed by atoms with E-state index in [9.17, 15) is 4.79 Å². The minimum atomic E-state index is 0.0541. The number of carbonyl (C=O) groups is 1. The fraction of sp³-hybridized carbons (Fsp3) is 0.400. The van der Waals surface area contributed by atoms with Gasteiger partial charge in [-0.25, -0.2) is 0 Å². The molecule has 1 heteroatoms. The van der Waals surface area contributed by atoms with Gasteiger partial charge in [0.15, 0.2) is 5.78 Å². The van der Waals surface area contributed by atoms with E-state index in [-0.39, 0.29) is 5.78 Å². The van der Waals surface area contributed by atoms with Gasteiger partial charge < -0.3 is 0 Å². The zero-order valence-electron chi connectivity index (χ0n) is 10.7. The van der Waals surface area contributed by atoms with Crippen LogP contribution in [0.15, 0.2) is 48.6 Å². The Morgan fingerprint density at radius 1 is 1.31 bits per heavy atom. The molecule has 88 valence electrons. The summed E-state index contributed by atoms with van der Waals surface area (Å²) in [6, 6.07) is 0. The van der Waals surface area contributed by atoms with E-state index in [1.807, 2.05) is 19.1 Å². The van der Waals surface area contributed by atoms with E-state index in [0.29, 0.717) is 11.5 Å². The van der Waals surface area contributed by atoms with Crippen LogP contribution in [-0.2, 0) is 4.79 Å². The van der Waals surface area contributed by atoms with Crippen LogP contribution >= 0.6 is 0 Å². The number of rotatable bonds is 7. The van der Waals surface area contributed by atoms with E-state index in [0.717, 1.165) is 24.0 Å². The predicted octanol–water partition coefficient (Wildman–Crippen LogP) is 4.24. The molecule has 16 heavy (non-hydrogen) atoms. The Hall–Kier alpha value is -1.37. The highest BCUT2D eigenvalue weighted by Gasteiger charge is 2.14. The quantitative estimate of drug-likeness (QED) is 0.355. The van der Waals surface area contributed by atoms with Gasteiger partial charge in [0.05, 0.1) is 0 Å². The second-order valence-electron chi connectivity index (χ2n) is 4.25. The Balaban J connectivity index is 4.82. The second kappa shape index (κ2) is 7.00. The molecule has 0 rings (SSSR count). The molecule has 0 aliphatic carbocycles. The van der Waals surface area contributed by atoms with Crippen LogP contribution in [0.25, 0.3) is 0 Å². The molecule has 0 aliphatic rings. The van der Waals surface area contributed by atoms with Crippen LogP contribution < -0.4 is 0 Å². The summed E-state index contributed by atoms with van der Waals surface area (Å²) in [4.78, 5) is 11.5. The Labute approximate surface area is 99.3 Å². The van der Waals surface area contributed by atoms with Gasteiger partial charge in [0, 0.05) is 5.57 Å². The third kappa shape index (κ3) is 4.92. The molecule has 0 aromatic carbocycles. The minimum absolute atomic E-state index is 0.0541. The zero-order valence-corrected chi connectivity index (χ0v) is 10.7. The zero-order chi connectivity index (χ0) is 12.7. The lowest BCUT2D eigenvalue weighted by Gasteiger charge is -2.15. The largest absolute Gasteiger partial charge is 0.295 e. The summed E-state index contributed by atoms with van der Waals surface area (Å²) in [5.41, 5.74) is 2.48. The first-order valence-electron chi connectivity index (χ1n) is 5.58. The Morgan fingerprint density at radius 2 is 1.88 bits per heavy atom. The van der Waals surface area contributed by atoms with Crippen LogP contribution in [0.4, 0.5) is 0 Å². The van der Waals surface area contributed by atoms with Gasteiger partial charge in [-0.15, -0.1) is 6.58 Å². The van der Waals surface area contributed by atoms with E-state index >= 15 is 0 Å². The maximum atomic E-state index is 11.5. The molecule has 1 unspecified atom stereocenters. The summed E-state index contributed by atoms with van der Waals surface area (Å²) in [5, 5.41) is 0. The van der Waals surface area contributed by atoms with Gasteiger partial charge >= 0.3 is 0 Å². The number of allylic oxidation sites excluding steroid dienone is 5. The van der Waals surface area contributed by atoms with Crippen molar-refractivity contribution in [2.24, 2.45) is 5.92 Å². The van der Waals surface area contributed by atoms with Crippen molar-refractivity contribution in [1.82, 2.24) is 0 Å². The summed E-state index contributed by atoms with van der Waals surface area (Å²) < 4.78 is 0. The molecule has 0 fully saturated rings. The Morgan fingerprint density at radius 3 is 2.25 bits per heavy atom. The van der Waals surface area contributed by atoms with Crippen molar-refractivity contribution in [2.75, 3.05) is 0 Å². The molecule has 0 saturated carbocycles. The second-order valence-corrected chi connectivity index (χ2v) is 4.25. The molecule has 0 amide bonds. The van der Waals surface area contributed by atoms with Gasteiger partial charge in [-0.2, -0.15) is 0 Å². The van der Waals surface area contributed by atoms with E-state index < -0.39 is 0 Å². The standard InChI is InChI=1S/C15H22O/c1-7-8-9-12(4)13(5)15(14(6)16)10-11(2)3/h7,10,12H,1-2,5,8-9H2,3-4,6H3/b15-10+. The van der Waals surface area contributed by atoms with Crippen LogP contribution in [0.2, 0.25) is 0 Å². The predicted molar refractivity (Wildman–Crippen MR) is 71.3 cm³/mol. The van der Waals surface area contributed by atoms with Crippen molar-refractivity contribution >= 4 is 5.78 Å². The highest BCUT2D eigenvalue weighted by molar-refractivity contribution is 5.98. The lowest BCUT2D eigenvalue weighted by Crippen LogP contribution is -2.07. The summed E-state index contributed by atoms with van der Waals surface area (Å²) in [5.74, 6) is 0.353. The fourth-order valence-corrected chi connectivity index (χ4v) is 1.47. The van der Waals surface area contributed by atoms with Crippen molar-refractivity contribution in [3.05, 3.63) is 48.6 Å². The first kappa shape index (κ1) is 14.6. The smallest absolute Gasteiger partial charge is 0.160 e. The summed E-state index contributed by atoms with van der Waals surface area (Å²) in [7, 11) is 0.